The molecule has 0 spiro atoms. The van der Waals surface area contributed by atoms with Gasteiger partial charge in [-0.15, -0.1) is 11.3 Å². The third-order valence-corrected chi connectivity index (χ3v) is 4.76. The minimum absolute atomic E-state index is 0.0647. The molecule has 0 fully saturated rings. The zero-order valence-corrected chi connectivity index (χ0v) is 16.6. The number of benzene rings is 2. The smallest absolute Gasteiger partial charge is 0.269 e. The lowest BCUT2D eigenvalue weighted by molar-refractivity contribution is -0.384. The molecular weight excluding hydrogens is 410 g/mol. The van der Waals surface area contributed by atoms with E-state index in [-0.39, 0.29) is 18.2 Å². The van der Waals surface area contributed by atoms with E-state index in [2.05, 4.69) is 10.6 Å². The second-order valence-electron chi connectivity index (χ2n) is 5.93. The van der Waals surface area contributed by atoms with E-state index in [0.717, 1.165) is 0 Å². The fourth-order valence-electron chi connectivity index (χ4n) is 2.47. The highest BCUT2D eigenvalue weighted by Crippen LogP contribution is 2.29. The van der Waals surface area contributed by atoms with E-state index in [4.69, 9.17) is 9.47 Å². The predicted octanol–water partition coefficient (Wildman–Crippen LogP) is 3.93. The first-order valence-corrected chi connectivity index (χ1v) is 9.54. The van der Waals surface area contributed by atoms with Crippen molar-refractivity contribution in [3.63, 3.8) is 0 Å². The summed E-state index contributed by atoms with van der Waals surface area (Å²) in [4.78, 5) is 35.0. The van der Waals surface area contributed by atoms with Gasteiger partial charge >= 0.3 is 0 Å². The Bertz CT molecular complexity index is 1050. The van der Waals surface area contributed by atoms with Crippen molar-refractivity contribution in [3.05, 3.63) is 75.0 Å². The Kier molecular flexibility index (Phi) is 6.60. The van der Waals surface area contributed by atoms with Crippen LogP contribution in [0, 0.1) is 10.1 Å². The van der Waals surface area contributed by atoms with E-state index in [1.54, 1.807) is 30.3 Å². The Labute approximate surface area is 175 Å². The minimum atomic E-state index is -0.517. The topological polar surface area (TPSA) is 120 Å². The Balaban J connectivity index is 1.58. The van der Waals surface area contributed by atoms with Crippen LogP contribution in [0.25, 0.3) is 0 Å². The van der Waals surface area contributed by atoms with Crippen LogP contribution in [0.4, 0.5) is 17.1 Å². The van der Waals surface area contributed by atoms with Crippen molar-refractivity contribution in [2.45, 2.75) is 0 Å². The molecule has 1 heterocycles. The van der Waals surface area contributed by atoms with Gasteiger partial charge in [0.15, 0.2) is 6.61 Å². The van der Waals surface area contributed by atoms with Crippen LogP contribution in [-0.4, -0.2) is 30.5 Å². The van der Waals surface area contributed by atoms with Crippen molar-refractivity contribution < 1.29 is 24.0 Å². The average Bonchev–Trinajstić information content (AvgIpc) is 3.28. The van der Waals surface area contributed by atoms with Gasteiger partial charge in [-0.3, -0.25) is 19.7 Å². The van der Waals surface area contributed by atoms with Crippen molar-refractivity contribution in [3.8, 4) is 11.5 Å². The van der Waals surface area contributed by atoms with Crippen molar-refractivity contribution >= 4 is 40.2 Å². The van der Waals surface area contributed by atoms with Gasteiger partial charge in [-0.2, -0.15) is 0 Å². The van der Waals surface area contributed by atoms with Crippen LogP contribution in [0.2, 0.25) is 0 Å². The number of carbonyl (C=O) groups excluding carboxylic acids is 2. The molecule has 0 aliphatic heterocycles. The highest BCUT2D eigenvalue weighted by molar-refractivity contribution is 7.12. The van der Waals surface area contributed by atoms with E-state index < -0.39 is 10.8 Å². The summed E-state index contributed by atoms with van der Waals surface area (Å²) in [6.45, 7) is -0.281. The molecule has 0 unspecified atom stereocenters. The van der Waals surface area contributed by atoms with Crippen LogP contribution in [0.3, 0.4) is 0 Å². The second-order valence-corrected chi connectivity index (χ2v) is 6.88. The zero-order valence-electron chi connectivity index (χ0n) is 15.8. The molecule has 0 saturated heterocycles. The summed E-state index contributed by atoms with van der Waals surface area (Å²) >= 11 is 1.32. The van der Waals surface area contributed by atoms with E-state index in [1.807, 2.05) is 5.38 Å². The van der Waals surface area contributed by atoms with E-state index in [0.29, 0.717) is 27.8 Å². The molecule has 0 aliphatic rings. The second kappa shape index (κ2) is 9.52. The summed E-state index contributed by atoms with van der Waals surface area (Å²) in [6.07, 6.45) is 0. The van der Waals surface area contributed by atoms with Crippen LogP contribution in [0.1, 0.15) is 9.67 Å². The Hall–Kier alpha value is -3.92. The molecule has 154 valence electrons. The van der Waals surface area contributed by atoms with Gasteiger partial charge in [0.2, 0.25) is 0 Å². The van der Waals surface area contributed by atoms with Gasteiger partial charge in [0, 0.05) is 23.9 Å². The highest BCUT2D eigenvalue weighted by atomic mass is 32.1. The minimum Gasteiger partial charge on any atom is -0.494 e. The summed E-state index contributed by atoms with van der Waals surface area (Å²) in [7, 11) is 1.46. The average molecular weight is 427 g/mol. The molecule has 30 heavy (non-hydrogen) atoms. The molecule has 9 nitrogen and oxygen atoms in total. The van der Waals surface area contributed by atoms with Crippen LogP contribution in [0.5, 0.6) is 11.5 Å². The number of nitro groups is 1. The summed E-state index contributed by atoms with van der Waals surface area (Å²) in [5, 5.41) is 17.9. The molecule has 0 bridgehead atoms. The third-order valence-electron chi connectivity index (χ3n) is 3.90. The first-order chi connectivity index (χ1) is 14.5. The molecule has 2 N–H and O–H groups in total. The lowest BCUT2D eigenvalue weighted by Crippen LogP contribution is -2.20. The van der Waals surface area contributed by atoms with Gasteiger partial charge in [0.25, 0.3) is 17.5 Å². The summed E-state index contributed by atoms with van der Waals surface area (Å²) in [6, 6.07) is 13.7. The molecular formula is C20H17N3O6S. The number of thiophene rings is 1. The van der Waals surface area contributed by atoms with Crippen LogP contribution < -0.4 is 20.1 Å². The molecule has 0 aliphatic carbocycles. The molecule has 10 heteroatoms. The van der Waals surface area contributed by atoms with Crippen LogP contribution in [0.15, 0.2) is 60.0 Å². The van der Waals surface area contributed by atoms with Gasteiger partial charge < -0.3 is 20.1 Å². The van der Waals surface area contributed by atoms with Crippen molar-refractivity contribution in [2.24, 2.45) is 0 Å². The Morgan fingerprint density at radius 1 is 1.10 bits per heavy atom. The van der Waals surface area contributed by atoms with Crippen LogP contribution in [-0.2, 0) is 4.79 Å². The first kappa shape index (κ1) is 20.8. The number of rotatable bonds is 8. The van der Waals surface area contributed by atoms with Crippen molar-refractivity contribution in [1.29, 1.82) is 0 Å². The standard InChI is InChI=1S/C20H17N3O6S/c1-28-17-11-13(4-9-16(17)22-20(25)18-3-2-10-30-18)21-19(24)12-29-15-7-5-14(6-8-15)23(26)27/h2-11H,12H2,1H3,(H,21,24)(H,22,25). The first-order valence-electron chi connectivity index (χ1n) is 8.66. The van der Waals surface area contributed by atoms with E-state index >= 15 is 0 Å². The third kappa shape index (κ3) is 5.32. The molecule has 0 saturated carbocycles. The number of hydrogen-bond acceptors (Lipinski definition) is 7. The summed E-state index contributed by atoms with van der Waals surface area (Å²) in [5.74, 6) is 0.0383. The number of methoxy groups -OCH3 is 1. The fraction of sp³-hybridized carbons (Fsp3) is 0.100. The molecule has 0 radical (unpaired) electrons. The SMILES string of the molecule is COc1cc(NC(=O)COc2ccc([N+](=O)[O-])cc2)ccc1NC(=O)c1cccs1. The number of anilines is 2. The molecule has 0 atom stereocenters. The van der Waals surface area contributed by atoms with Crippen molar-refractivity contribution in [2.75, 3.05) is 24.4 Å². The van der Waals surface area contributed by atoms with Crippen molar-refractivity contribution in [1.82, 2.24) is 0 Å². The van der Waals surface area contributed by atoms with Crippen LogP contribution >= 0.6 is 11.3 Å². The zero-order chi connectivity index (χ0) is 21.5. The lowest BCUT2D eigenvalue weighted by atomic mass is 10.2. The van der Waals surface area contributed by atoms with Gasteiger partial charge in [-0.05, 0) is 35.7 Å². The molecule has 1 aromatic heterocycles. The number of ether oxygens (including phenoxy) is 2. The molecule has 2 amide bonds. The Morgan fingerprint density at radius 2 is 1.87 bits per heavy atom. The maximum Gasteiger partial charge on any atom is 0.269 e. The number of nitrogens with zero attached hydrogens (tertiary/aromatic N) is 1. The van der Waals surface area contributed by atoms with E-state index in [9.17, 15) is 19.7 Å². The molecule has 2 aromatic carbocycles. The number of amides is 2. The number of non-ortho nitro benzene ring substituents is 1. The lowest BCUT2D eigenvalue weighted by Gasteiger charge is -2.12. The predicted molar refractivity (Wildman–Crippen MR) is 112 cm³/mol. The summed E-state index contributed by atoms with van der Waals surface area (Å²) < 4.78 is 10.6. The fourth-order valence-corrected chi connectivity index (χ4v) is 3.09. The van der Waals surface area contributed by atoms with Gasteiger partial charge in [-0.25, -0.2) is 0 Å². The normalized spacial score (nSPS) is 10.2. The maximum atomic E-state index is 12.2. The van der Waals surface area contributed by atoms with Gasteiger partial charge in [0.05, 0.1) is 22.6 Å². The number of nitro benzene ring substituents is 1. The monoisotopic (exact) mass is 427 g/mol. The number of carbonyl (C=O) groups is 2. The molecule has 3 aromatic rings. The highest BCUT2D eigenvalue weighted by Gasteiger charge is 2.13. The quantitative estimate of drug-likeness (QED) is 0.415. The molecule has 3 rings (SSSR count). The number of hydrogen-bond donors (Lipinski definition) is 2. The maximum absolute atomic E-state index is 12.2. The van der Waals surface area contributed by atoms with Gasteiger partial charge in [0.1, 0.15) is 11.5 Å². The summed E-state index contributed by atoms with van der Waals surface area (Å²) in [5.41, 5.74) is 0.861. The number of nitrogens with one attached hydrogen (secondary N) is 2. The van der Waals surface area contributed by atoms with E-state index in [1.165, 1.54) is 42.7 Å². The largest absolute Gasteiger partial charge is 0.494 e. The Morgan fingerprint density at radius 3 is 2.50 bits per heavy atom. The van der Waals surface area contributed by atoms with Gasteiger partial charge in [-0.1, -0.05) is 6.07 Å².